The maximum absolute atomic E-state index is 14.1. The minimum atomic E-state index is -1.07. The number of benzene rings is 3. The lowest BCUT2D eigenvalue weighted by atomic mass is 10.0. The number of ether oxygens (including phenoxy) is 1. The number of nitrogens with two attached hydrogens (primary N) is 1. The highest BCUT2D eigenvalue weighted by molar-refractivity contribution is 5.97. The summed E-state index contributed by atoms with van der Waals surface area (Å²) in [5.74, 6) is -1.07. The van der Waals surface area contributed by atoms with E-state index in [-0.39, 0.29) is 6.61 Å². The molecular weight excluding hydrogens is 459 g/mol. The van der Waals surface area contributed by atoms with Gasteiger partial charge in [-0.05, 0) is 46.5 Å². The number of amides is 2. The maximum atomic E-state index is 14.1. The molecule has 1 atom stereocenters. The zero-order chi connectivity index (χ0) is 25.3. The highest BCUT2D eigenvalue weighted by atomic mass is 19.1. The van der Waals surface area contributed by atoms with Crippen molar-refractivity contribution in [3.8, 4) is 11.1 Å². The summed E-state index contributed by atoms with van der Waals surface area (Å²) in [5.41, 5.74) is 9.32. The first-order valence-electron chi connectivity index (χ1n) is 11.3. The van der Waals surface area contributed by atoms with Crippen molar-refractivity contribution < 1.29 is 18.7 Å². The lowest BCUT2D eigenvalue weighted by Gasteiger charge is -2.19. The summed E-state index contributed by atoms with van der Waals surface area (Å²) in [7, 11) is 0. The molecule has 36 heavy (non-hydrogen) atoms. The molecule has 0 saturated heterocycles. The van der Waals surface area contributed by atoms with E-state index in [0.717, 1.165) is 11.1 Å². The molecule has 0 spiro atoms. The summed E-state index contributed by atoms with van der Waals surface area (Å²) >= 11 is 0. The molecule has 0 unspecified atom stereocenters. The van der Waals surface area contributed by atoms with E-state index < -0.39 is 24.0 Å². The Morgan fingerprint density at radius 1 is 0.917 bits per heavy atom. The molecule has 1 heterocycles. The molecule has 1 aromatic heterocycles. The van der Waals surface area contributed by atoms with Gasteiger partial charge >= 0.3 is 6.09 Å². The Kier molecular flexibility index (Phi) is 8.00. The average Bonchev–Trinajstić information content (AvgIpc) is 2.91. The minimum absolute atomic E-state index is 0.0543. The van der Waals surface area contributed by atoms with E-state index in [2.05, 4.69) is 15.6 Å². The van der Waals surface area contributed by atoms with Crippen LogP contribution in [-0.4, -0.2) is 17.0 Å². The van der Waals surface area contributed by atoms with Crippen LogP contribution in [0.2, 0.25) is 0 Å². The van der Waals surface area contributed by atoms with Gasteiger partial charge in [-0.3, -0.25) is 4.79 Å². The van der Waals surface area contributed by atoms with E-state index in [1.165, 1.54) is 6.20 Å². The fourth-order valence-electron chi connectivity index (χ4n) is 3.63. The molecule has 182 valence electrons. The van der Waals surface area contributed by atoms with Gasteiger partial charge in [0, 0.05) is 24.0 Å². The number of carbonyl (C=O) groups is 2. The molecule has 0 fully saturated rings. The van der Waals surface area contributed by atoms with E-state index in [0.29, 0.717) is 28.9 Å². The number of halogens is 1. The van der Waals surface area contributed by atoms with Crippen LogP contribution < -0.4 is 16.4 Å². The predicted molar refractivity (Wildman–Crippen MR) is 135 cm³/mol. The van der Waals surface area contributed by atoms with Gasteiger partial charge in [-0.2, -0.15) is 4.39 Å². The van der Waals surface area contributed by atoms with Crippen LogP contribution in [0.5, 0.6) is 0 Å². The summed E-state index contributed by atoms with van der Waals surface area (Å²) in [6, 6.07) is 25.2. The second-order valence-corrected chi connectivity index (χ2v) is 8.00. The highest BCUT2D eigenvalue weighted by Crippen LogP contribution is 2.24. The predicted octanol–water partition coefficient (Wildman–Crippen LogP) is 4.95. The number of carbonyl (C=O) groups excluding carboxylic acids is 2. The van der Waals surface area contributed by atoms with Gasteiger partial charge in [-0.15, -0.1) is 0 Å². The Hall–Kier alpha value is -4.56. The molecule has 0 radical (unpaired) electrons. The molecule has 4 N–H and O–H groups in total. The smallest absolute Gasteiger partial charge is 0.408 e. The topological polar surface area (TPSA) is 106 Å². The third kappa shape index (κ3) is 6.31. The van der Waals surface area contributed by atoms with Crippen molar-refractivity contribution in [3.05, 3.63) is 120 Å². The number of anilines is 1. The van der Waals surface area contributed by atoms with Crippen LogP contribution in [0.15, 0.2) is 97.2 Å². The van der Waals surface area contributed by atoms with Gasteiger partial charge in [-0.1, -0.05) is 66.7 Å². The molecule has 4 aromatic rings. The van der Waals surface area contributed by atoms with E-state index in [1.54, 1.807) is 54.6 Å². The third-order valence-electron chi connectivity index (χ3n) is 5.48. The van der Waals surface area contributed by atoms with E-state index >= 15 is 0 Å². The summed E-state index contributed by atoms with van der Waals surface area (Å²) < 4.78 is 19.4. The van der Waals surface area contributed by atoms with Gasteiger partial charge in [0.25, 0.3) is 5.91 Å². The number of rotatable bonds is 8. The summed E-state index contributed by atoms with van der Waals surface area (Å²) in [4.78, 5) is 29.5. The van der Waals surface area contributed by atoms with Crippen molar-refractivity contribution in [2.24, 2.45) is 5.73 Å². The SMILES string of the molecule is NCc1cccc(NC(=O)[C@@H](NC(=O)OCc2ccccc2)c2ccc(-c3cccnc3F)cc2)c1. The number of nitrogens with zero attached hydrogens (tertiary/aromatic N) is 1. The van der Waals surface area contributed by atoms with Crippen LogP contribution in [-0.2, 0) is 22.7 Å². The lowest BCUT2D eigenvalue weighted by molar-refractivity contribution is -0.118. The summed E-state index contributed by atoms with van der Waals surface area (Å²) in [5, 5.41) is 5.45. The van der Waals surface area contributed by atoms with Crippen LogP contribution in [0.4, 0.5) is 14.9 Å². The molecule has 7 nitrogen and oxygen atoms in total. The van der Waals surface area contributed by atoms with Crippen LogP contribution in [0.1, 0.15) is 22.7 Å². The fourth-order valence-corrected chi connectivity index (χ4v) is 3.63. The Bertz CT molecular complexity index is 1330. The number of aromatic nitrogens is 1. The molecule has 2 amide bonds. The van der Waals surface area contributed by atoms with Gasteiger partial charge in [0.2, 0.25) is 5.95 Å². The zero-order valence-corrected chi connectivity index (χ0v) is 19.4. The molecule has 0 aliphatic rings. The first-order chi connectivity index (χ1) is 17.5. The van der Waals surface area contributed by atoms with Crippen LogP contribution in [0, 0.1) is 5.95 Å². The van der Waals surface area contributed by atoms with Crippen molar-refractivity contribution in [3.63, 3.8) is 0 Å². The third-order valence-corrected chi connectivity index (χ3v) is 5.48. The Balaban J connectivity index is 1.55. The van der Waals surface area contributed by atoms with Gasteiger partial charge in [0.05, 0.1) is 0 Å². The van der Waals surface area contributed by atoms with Gasteiger partial charge in [0.1, 0.15) is 12.6 Å². The molecular formula is C28H25FN4O3. The molecule has 4 rings (SSSR count). The largest absolute Gasteiger partial charge is 0.445 e. The normalized spacial score (nSPS) is 11.4. The average molecular weight is 485 g/mol. The first kappa shape index (κ1) is 24.6. The Morgan fingerprint density at radius 3 is 2.39 bits per heavy atom. The molecule has 0 aliphatic carbocycles. The van der Waals surface area contributed by atoms with Crippen molar-refractivity contribution in [2.45, 2.75) is 19.2 Å². The molecule has 0 saturated carbocycles. The fraction of sp³-hybridized carbons (Fsp3) is 0.107. The number of alkyl carbamates (subject to hydrolysis) is 1. The quantitative estimate of drug-likeness (QED) is 0.307. The monoisotopic (exact) mass is 484 g/mol. The van der Waals surface area contributed by atoms with Crippen molar-refractivity contribution in [2.75, 3.05) is 5.32 Å². The highest BCUT2D eigenvalue weighted by Gasteiger charge is 2.24. The standard InChI is InChI=1S/C28H25FN4O3/c29-26-24(10-5-15-31-26)21-11-13-22(14-12-21)25(27(34)32-23-9-4-8-20(16-23)17-30)33-28(35)36-18-19-6-2-1-3-7-19/h1-16,25H,17-18,30H2,(H,32,34)(H,33,35)/t25-/m0/s1. The van der Waals surface area contributed by atoms with E-state index in [9.17, 15) is 14.0 Å². The van der Waals surface area contributed by atoms with E-state index in [4.69, 9.17) is 10.5 Å². The second kappa shape index (κ2) is 11.7. The Labute approximate surface area is 208 Å². The van der Waals surface area contributed by atoms with Gasteiger partial charge < -0.3 is 21.1 Å². The van der Waals surface area contributed by atoms with Crippen molar-refractivity contribution in [1.82, 2.24) is 10.3 Å². The second-order valence-electron chi connectivity index (χ2n) is 8.00. The molecule has 0 aliphatic heterocycles. The molecule has 3 aromatic carbocycles. The number of hydrogen-bond acceptors (Lipinski definition) is 5. The summed E-state index contributed by atoms with van der Waals surface area (Å²) in [6.45, 7) is 0.377. The van der Waals surface area contributed by atoms with E-state index in [1.807, 2.05) is 36.4 Å². The number of pyridine rings is 1. The molecule has 8 heteroatoms. The minimum Gasteiger partial charge on any atom is -0.445 e. The zero-order valence-electron chi connectivity index (χ0n) is 19.4. The first-order valence-corrected chi connectivity index (χ1v) is 11.3. The number of hydrogen-bond donors (Lipinski definition) is 3. The maximum Gasteiger partial charge on any atom is 0.408 e. The van der Waals surface area contributed by atoms with Gasteiger partial charge in [-0.25, -0.2) is 9.78 Å². The van der Waals surface area contributed by atoms with Crippen molar-refractivity contribution >= 4 is 17.7 Å². The lowest BCUT2D eigenvalue weighted by Crippen LogP contribution is -2.37. The van der Waals surface area contributed by atoms with Crippen LogP contribution >= 0.6 is 0 Å². The van der Waals surface area contributed by atoms with Crippen LogP contribution in [0.25, 0.3) is 11.1 Å². The van der Waals surface area contributed by atoms with Crippen molar-refractivity contribution in [1.29, 1.82) is 0 Å². The number of nitrogens with one attached hydrogen (secondary N) is 2. The Morgan fingerprint density at radius 2 is 1.67 bits per heavy atom. The molecule has 0 bridgehead atoms. The van der Waals surface area contributed by atoms with Crippen LogP contribution in [0.3, 0.4) is 0 Å². The summed E-state index contributed by atoms with van der Waals surface area (Å²) in [6.07, 6.45) is 0.621. The van der Waals surface area contributed by atoms with Gasteiger partial charge in [0.15, 0.2) is 0 Å².